The Kier molecular flexibility index (Phi) is 9.93. The Labute approximate surface area is 251 Å². The number of aromatic nitrogens is 4. The van der Waals surface area contributed by atoms with Crippen LogP contribution in [-0.4, -0.2) is 42.6 Å². The van der Waals surface area contributed by atoms with Gasteiger partial charge in [-0.2, -0.15) is 0 Å². The van der Waals surface area contributed by atoms with E-state index in [9.17, 15) is 8.42 Å². The minimum absolute atomic E-state index is 0. The smallest absolute Gasteiger partial charge is 0.493 e. The quantitative estimate of drug-likeness (QED) is 0.298. The molecule has 0 aliphatic heterocycles. The average molecular weight is 530 g/mol. The number of hydrogen-bond acceptors (Lipinski definition) is 9. The molecule has 2 heterocycles. The van der Waals surface area contributed by atoms with Gasteiger partial charge >= 0.3 is 51.4 Å². The summed E-state index contributed by atoms with van der Waals surface area (Å²) >= 11 is 0. The van der Waals surface area contributed by atoms with Crippen LogP contribution in [0.1, 0.15) is 5.56 Å². The van der Waals surface area contributed by atoms with E-state index in [1.54, 1.807) is 54.6 Å². The molecule has 0 atom stereocenters. The summed E-state index contributed by atoms with van der Waals surface area (Å²) in [5.74, 6) is 0.391. The molecule has 0 saturated heterocycles. The van der Waals surface area contributed by atoms with Gasteiger partial charge in [0.15, 0.2) is 33.1 Å². The SMILES string of the molecule is COc1ccccc1Oc1c([N-]S(=O)(=O)C=Cc2ccccc2)nc(-c2ncccn2)nc1OC.[K+]. The van der Waals surface area contributed by atoms with Gasteiger partial charge in [-0.15, -0.1) is 0 Å². The van der Waals surface area contributed by atoms with Crippen LogP contribution in [0.4, 0.5) is 5.82 Å². The normalized spacial score (nSPS) is 10.9. The largest absolute Gasteiger partial charge is 1.00 e. The maximum absolute atomic E-state index is 12.9. The fraction of sp³-hybridized carbons (Fsp3) is 0.0833. The molecular formula is C24H20KN5O5S. The molecule has 2 aromatic heterocycles. The van der Waals surface area contributed by atoms with Gasteiger partial charge < -0.3 is 23.9 Å². The Morgan fingerprint density at radius 2 is 1.47 bits per heavy atom. The molecule has 0 bridgehead atoms. The van der Waals surface area contributed by atoms with Gasteiger partial charge in [-0.3, -0.25) is 0 Å². The summed E-state index contributed by atoms with van der Waals surface area (Å²) in [6.07, 6.45) is 4.44. The van der Waals surface area contributed by atoms with Crippen molar-refractivity contribution < 1.29 is 74.0 Å². The van der Waals surface area contributed by atoms with E-state index in [1.165, 1.54) is 32.7 Å². The Morgan fingerprint density at radius 1 is 0.806 bits per heavy atom. The number of hydrogen-bond donors (Lipinski definition) is 0. The molecule has 0 spiro atoms. The molecule has 0 unspecified atom stereocenters. The maximum atomic E-state index is 12.9. The van der Waals surface area contributed by atoms with Crippen LogP contribution >= 0.6 is 0 Å². The molecule has 0 fully saturated rings. The van der Waals surface area contributed by atoms with Gasteiger partial charge in [-0.1, -0.05) is 42.5 Å². The number of nitrogens with zero attached hydrogens (tertiary/aromatic N) is 5. The molecule has 10 nitrogen and oxygen atoms in total. The van der Waals surface area contributed by atoms with E-state index in [2.05, 4.69) is 24.7 Å². The van der Waals surface area contributed by atoms with Crippen molar-refractivity contribution >= 4 is 21.9 Å². The van der Waals surface area contributed by atoms with Crippen molar-refractivity contribution in [1.29, 1.82) is 0 Å². The van der Waals surface area contributed by atoms with Crippen LogP contribution in [0.3, 0.4) is 0 Å². The molecule has 0 aliphatic carbocycles. The second-order valence-electron chi connectivity index (χ2n) is 6.85. The zero-order chi connectivity index (χ0) is 24.7. The number of methoxy groups -OCH3 is 2. The van der Waals surface area contributed by atoms with Gasteiger partial charge in [0.25, 0.3) is 5.88 Å². The number of benzene rings is 2. The monoisotopic (exact) mass is 529 g/mol. The van der Waals surface area contributed by atoms with Crippen LogP contribution in [0.25, 0.3) is 22.4 Å². The maximum Gasteiger partial charge on any atom is 1.00 e. The Balaban J connectivity index is 0.00000361. The van der Waals surface area contributed by atoms with Gasteiger partial charge in [0.2, 0.25) is 0 Å². The first-order valence-electron chi connectivity index (χ1n) is 10.2. The summed E-state index contributed by atoms with van der Waals surface area (Å²) < 4.78 is 46.3. The summed E-state index contributed by atoms with van der Waals surface area (Å²) in [6, 6.07) is 17.4. The fourth-order valence-corrected chi connectivity index (χ4v) is 3.67. The predicted octanol–water partition coefficient (Wildman–Crippen LogP) is 1.75. The standard InChI is InChI=1S/C24H20N5O5S.K/c1-32-18-11-6-7-12-19(18)34-20-21(29-35(30,31)16-13-17-9-4-3-5-10-17)27-23(28-24(20)33-2)22-25-14-8-15-26-22;/h3-16H,1-2H3;/q-1;+1. The van der Waals surface area contributed by atoms with E-state index in [-0.39, 0.29) is 86.2 Å². The minimum Gasteiger partial charge on any atom is -0.493 e. The Bertz CT molecular complexity index is 1440. The molecular weight excluding hydrogens is 509 g/mol. The van der Waals surface area contributed by atoms with Gasteiger partial charge in [0.1, 0.15) is 5.82 Å². The van der Waals surface area contributed by atoms with E-state index in [1.807, 2.05) is 6.07 Å². The van der Waals surface area contributed by atoms with E-state index < -0.39 is 10.0 Å². The molecule has 36 heavy (non-hydrogen) atoms. The molecule has 12 heteroatoms. The van der Waals surface area contributed by atoms with Gasteiger partial charge in [-0.05, 0) is 29.8 Å². The molecule has 0 N–H and O–H groups in total. The summed E-state index contributed by atoms with van der Waals surface area (Å²) in [5, 5.41) is 0.975. The topological polar surface area (TPSA) is 127 Å². The van der Waals surface area contributed by atoms with Crippen LogP contribution in [0.15, 0.2) is 78.5 Å². The molecule has 4 rings (SSSR count). The first-order valence-corrected chi connectivity index (χ1v) is 11.7. The number of rotatable bonds is 9. The average Bonchev–Trinajstić information content (AvgIpc) is 2.89. The van der Waals surface area contributed by atoms with E-state index in [0.717, 1.165) is 5.41 Å². The second kappa shape index (κ2) is 12.9. The molecule has 2 aromatic carbocycles. The zero-order valence-corrected chi connectivity index (χ0v) is 23.7. The molecule has 178 valence electrons. The van der Waals surface area contributed by atoms with E-state index >= 15 is 0 Å². The Morgan fingerprint density at radius 3 is 2.14 bits per heavy atom. The van der Waals surface area contributed by atoms with Gasteiger partial charge in [0.05, 0.1) is 14.2 Å². The van der Waals surface area contributed by atoms with Crippen molar-refractivity contribution in [3.63, 3.8) is 0 Å². The first-order chi connectivity index (χ1) is 17.0. The van der Waals surface area contributed by atoms with Crippen LogP contribution in [0.2, 0.25) is 0 Å². The van der Waals surface area contributed by atoms with Crippen LogP contribution < -0.4 is 65.6 Å². The van der Waals surface area contributed by atoms with Crippen molar-refractivity contribution in [2.45, 2.75) is 0 Å². The third-order valence-corrected chi connectivity index (χ3v) is 5.41. The number of sulfonamides is 1. The van der Waals surface area contributed by atoms with Crippen LogP contribution in [0, 0.1) is 0 Å². The van der Waals surface area contributed by atoms with Crippen molar-refractivity contribution in [3.05, 3.63) is 88.8 Å². The number of para-hydroxylation sites is 2. The van der Waals surface area contributed by atoms with Crippen LogP contribution in [-0.2, 0) is 10.0 Å². The molecule has 0 amide bonds. The summed E-state index contributed by atoms with van der Waals surface area (Å²) in [7, 11) is -1.30. The summed E-state index contributed by atoms with van der Waals surface area (Å²) in [6.45, 7) is 0. The van der Waals surface area contributed by atoms with Crippen molar-refractivity contribution in [2.75, 3.05) is 14.2 Å². The fourth-order valence-electron chi connectivity index (χ4n) is 2.92. The van der Waals surface area contributed by atoms with E-state index in [0.29, 0.717) is 11.3 Å². The molecule has 0 saturated carbocycles. The van der Waals surface area contributed by atoms with Crippen molar-refractivity contribution in [3.8, 4) is 34.8 Å². The zero-order valence-electron chi connectivity index (χ0n) is 19.8. The van der Waals surface area contributed by atoms with Gasteiger partial charge in [-0.25, -0.2) is 23.4 Å². The van der Waals surface area contributed by atoms with Crippen molar-refractivity contribution in [1.82, 2.24) is 19.9 Å². The number of ether oxygens (including phenoxy) is 3. The predicted molar refractivity (Wildman–Crippen MR) is 130 cm³/mol. The molecule has 0 radical (unpaired) electrons. The third kappa shape index (κ3) is 7.09. The molecule has 0 aliphatic rings. The summed E-state index contributed by atoms with van der Waals surface area (Å²) in [4.78, 5) is 16.8. The van der Waals surface area contributed by atoms with E-state index in [4.69, 9.17) is 14.2 Å². The molecule has 4 aromatic rings. The van der Waals surface area contributed by atoms with Gasteiger partial charge in [0, 0.05) is 23.6 Å². The van der Waals surface area contributed by atoms with Crippen molar-refractivity contribution in [2.24, 2.45) is 0 Å². The second-order valence-corrected chi connectivity index (χ2v) is 8.34. The van der Waals surface area contributed by atoms with Crippen LogP contribution in [0.5, 0.6) is 23.1 Å². The minimum atomic E-state index is -4.14. The first kappa shape index (κ1) is 27.7. The third-order valence-electron chi connectivity index (χ3n) is 4.50. The summed E-state index contributed by atoms with van der Waals surface area (Å²) in [5.41, 5.74) is 0.690. The Hall–Kier alpha value is -2.87.